The molecule has 4 atom stereocenters. The fourth-order valence-electron chi connectivity index (χ4n) is 18.7. The highest BCUT2D eigenvalue weighted by Gasteiger charge is 2.54. The average molecular weight is 917 g/mol. The fraction of sp³-hybridized carbons (Fsp3) is 0.313. The first-order valence-electron chi connectivity index (χ1n) is 27.5. The Morgan fingerprint density at radius 3 is 2.03 bits per heavy atom. The Bertz CT molecular complexity index is 3950. The molecule has 4 heteroatoms. The summed E-state index contributed by atoms with van der Waals surface area (Å²) in [4.78, 5) is 2.74. The Labute approximate surface area is 416 Å². The van der Waals surface area contributed by atoms with Crippen LogP contribution in [0.3, 0.4) is 0 Å². The summed E-state index contributed by atoms with van der Waals surface area (Å²) in [6.45, 7) is 2.30. The second-order valence-electron chi connectivity index (χ2n) is 24.9. The van der Waals surface area contributed by atoms with Crippen molar-refractivity contribution in [3.63, 3.8) is 0 Å². The molecule has 2 aromatic heterocycles. The Morgan fingerprint density at radius 2 is 1.21 bits per heavy atom. The molecule has 0 saturated heterocycles. The molecule has 3 nitrogen and oxygen atoms in total. The summed E-state index contributed by atoms with van der Waals surface area (Å²) >= 11 is 0. The zero-order valence-electron chi connectivity index (χ0n) is 40.7. The molecule has 4 unspecified atom stereocenters. The van der Waals surface area contributed by atoms with Crippen LogP contribution in [0.25, 0.3) is 82.5 Å². The molecule has 4 heterocycles. The molecule has 2 aliphatic heterocycles. The van der Waals surface area contributed by atoms with Gasteiger partial charge in [0.15, 0.2) is 0 Å². The average Bonchev–Trinajstić information content (AvgIpc) is 3.98. The van der Waals surface area contributed by atoms with Gasteiger partial charge >= 0.3 is 6.85 Å². The molecule has 9 aliphatic rings. The Balaban J connectivity index is 0.936. The number of benzene rings is 8. The molecule has 7 saturated carbocycles. The topological polar surface area (TPSA) is 21.3 Å². The van der Waals surface area contributed by atoms with Crippen molar-refractivity contribution in [2.75, 3.05) is 4.81 Å². The number of rotatable bonds is 4. The van der Waals surface area contributed by atoms with E-state index in [1.165, 1.54) is 176 Å². The van der Waals surface area contributed by atoms with Gasteiger partial charge in [-0.25, -0.2) is 0 Å². The monoisotopic (exact) mass is 916 g/mol. The van der Waals surface area contributed by atoms with Gasteiger partial charge in [-0.3, -0.25) is 0 Å². The molecular weight excluding hydrogens is 860 g/mol. The van der Waals surface area contributed by atoms with Gasteiger partial charge in [0.25, 0.3) is 0 Å². The summed E-state index contributed by atoms with van der Waals surface area (Å²) in [6, 6.07) is 57.2. The third-order valence-corrected chi connectivity index (χ3v) is 21.0. The van der Waals surface area contributed by atoms with Crippen LogP contribution in [0.2, 0.25) is 0 Å². The van der Waals surface area contributed by atoms with Crippen molar-refractivity contribution in [1.29, 1.82) is 0 Å². The van der Waals surface area contributed by atoms with Gasteiger partial charge in [-0.2, -0.15) is 0 Å². The van der Waals surface area contributed by atoms with Crippen LogP contribution in [0, 0.1) is 42.4 Å². The number of aryl methyl sites for hydroxylation is 1. The Morgan fingerprint density at radius 1 is 0.521 bits per heavy atom. The van der Waals surface area contributed by atoms with Crippen LogP contribution in [0.1, 0.15) is 93.7 Å². The molecule has 19 rings (SSSR count). The number of furan rings is 1. The van der Waals surface area contributed by atoms with Crippen molar-refractivity contribution in [3.8, 4) is 27.9 Å². The van der Waals surface area contributed by atoms with Crippen molar-refractivity contribution >= 4 is 83.7 Å². The third kappa shape index (κ3) is 5.22. The van der Waals surface area contributed by atoms with Gasteiger partial charge in [0.2, 0.25) is 0 Å². The van der Waals surface area contributed by atoms with Crippen LogP contribution in [-0.4, -0.2) is 11.4 Å². The minimum Gasteiger partial charge on any atom is -0.456 e. The highest BCUT2D eigenvalue weighted by molar-refractivity contribution is 6.93. The summed E-state index contributed by atoms with van der Waals surface area (Å²) in [7, 11) is 0. The zero-order valence-corrected chi connectivity index (χ0v) is 40.7. The first kappa shape index (κ1) is 39.1. The van der Waals surface area contributed by atoms with Crippen molar-refractivity contribution in [1.82, 2.24) is 4.57 Å². The van der Waals surface area contributed by atoms with E-state index in [-0.39, 0.29) is 12.3 Å². The van der Waals surface area contributed by atoms with Gasteiger partial charge in [0, 0.05) is 50.2 Å². The SMILES string of the molecule is Cc1cc2c3c(c1)-n1c4ccc(C56CCC7CC(CC7C5)C6)cc4c4cc(C56CC7CC(CC(C7)C5)C6)cc(c41)B3N(c1ccc(-c3ccccc3)cc1)c1cc3oc4cc5ccccc5cc4c3cc1-2. The lowest BCUT2D eigenvalue weighted by molar-refractivity contribution is -0.00509. The molecule has 0 N–H and O–H groups in total. The summed E-state index contributed by atoms with van der Waals surface area (Å²) < 4.78 is 9.74. The van der Waals surface area contributed by atoms with E-state index in [1.54, 1.807) is 11.1 Å². The van der Waals surface area contributed by atoms with E-state index >= 15 is 0 Å². The van der Waals surface area contributed by atoms with Gasteiger partial charge in [0.1, 0.15) is 11.2 Å². The maximum Gasteiger partial charge on any atom is 0.333 e. The normalized spacial score (nSPS) is 28.3. The molecule has 10 aromatic rings. The molecule has 71 heavy (non-hydrogen) atoms. The third-order valence-electron chi connectivity index (χ3n) is 21.0. The lowest BCUT2D eigenvalue weighted by atomic mass is 9.42. The van der Waals surface area contributed by atoms with Crippen LogP contribution >= 0.6 is 0 Å². The molecule has 0 radical (unpaired) electrons. The molecule has 0 amide bonds. The summed E-state index contributed by atoms with van der Waals surface area (Å²) in [5, 5.41) is 7.80. The first-order chi connectivity index (χ1) is 34.9. The Hall–Kier alpha value is -6.52. The number of aromatic nitrogens is 1. The van der Waals surface area contributed by atoms with E-state index in [1.807, 2.05) is 0 Å². The minimum atomic E-state index is -0.0319. The number of anilines is 2. The maximum atomic E-state index is 6.98. The Kier molecular flexibility index (Phi) is 7.44. The zero-order chi connectivity index (χ0) is 46.1. The lowest BCUT2D eigenvalue weighted by Gasteiger charge is -2.57. The van der Waals surface area contributed by atoms with E-state index < -0.39 is 0 Å². The van der Waals surface area contributed by atoms with Gasteiger partial charge in [-0.05, 0) is 240 Å². The number of hydrogen-bond acceptors (Lipinski definition) is 2. The largest absolute Gasteiger partial charge is 0.456 e. The van der Waals surface area contributed by atoms with Gasteiger partial charge in [-0.15, -0.1) is 0 Å². The molecular formula is C67H57BN2O. The smallest absolute Gasteiger partial charge is 0.333 e. The van der Waals surface area contributed by atoms with Crippen LogP contribution in [0.15, 0.2) is 150 Å². The quantitative estimate of drug-likeness (QED) is 0.164. The minimum absolute atomic E-state index is 0.0319. The second-order valence-corrected chi connectivity index (χ2v) is 24.9. The highest BCUT2D eigenvalue weighted by atomic mass is 16.3. The van der Waals surface area contributed by atoms with Gasteiger partial charge < -0.3 is 13.8 Å². The predicted molar refractivity (Wildman–Crippen MR) is 294 cm³/mol. The molecule has 344 valence electrons. The number of fused-ring (bicyclic) bond motifs is 13. The summed E-state index contributed by atoms with van der Waals surface area (Å²) in [5.41, 5.74) is 21.7. The summed E-state index contributed by atoms with van der Waals surface area (Å²) in [5.74, 6) is 5.44. The molecule has 0 spiro atoms. The van der Waals surface area contributed by atoms with Crippen LogP contribution in [-0.2, 0) is 10.8 Å². The molecule has 8 aromatic carbocycles. The van der Waals surface area contributed by atoms with Crippen molar-refractivity contribution in [3.05, 3.63) is 162 Å². The van der Waals surface area contributed by atoms with E-state index in [4.69, 9.17) is 4.42 Å². The standard InChI is InChI=1S/C67H57BN2O/c1-38-19-56-53-31-55-54-26-45-9-5-6-10-46(45)27-62(54)71-63(55)32-60(53)70(51-14-11-44(12-15-51)43-7-3-2-4-8-43)68-58-30-50(67-34-39-21-40(35-67)23-41(22-39)36-67)29-57-52-28-49(66-18-17-47-24-42(33-66)25-48(47)37-66)13-16-59(52)69(65(57)58)61(20-38)64(56)68/h2-16,19-20,26-32,39-42,47-48H,17-18,21-25,33-37H2,1H3. The maximum absolute atomic E-state index is 6.98. The van der Waals surface area contributed by atoms with E-state index in [9.17, 15) is 0 Å². The van der Waals surface area contributed by atoms with E-state index in [0.717, 1.165) is 46.7 Å². The fourth-order valence-corrected chi connectivity index (χ4v) is 18.7. The van der Waals surface area contributed by atoms with Crippen LogP contribution in [0.5, 0.6) is 0 Å². The van der Waals surface area contributed by atoms with Gasteiger partial charge in [0.05, 0.1) is 11.0 Å². The molecule has 7 aliphatic carbocycles. The van der Waals surface area contributed by atoms with Crippen molar-refractivity contribution < 1.29 is 4.42 Å². The van der Waals surface area contributed by atoms with Crippen LogP contribution < -0.4 is 15.7 Å². The van der Waals surface area contributed by atoms with E-state index in [2.05, 4.69) is 162 Å². The number of hydrogen-bond donors (Lipinski definition) is 0. The predicted octanol–water partition coefficient (Wildman–Crippen LogP) is 16.0. The lowest BCUT2D eigenvalue weighted by Crippen LogP contribution is -2.61. The van der Waals surface area contributed by atoms with Crippen molar-refractivity contribution in [2.45, 2.75) is 94.8 Å². The van der Waals surface area contributed by atoms with Gasteiger partial charge in [-0.1, -0.05) is 84.9 Å². The highest BCUT2D eigenvalue weighted by Crippen LogP contribution is 2.63. The molecule has 7 fully saturated rings. The second kappa shape index (κ2) is 13.5. The number of nitrogens with zero attached hydrogens (tertiary/aromatic N) is 2. The van der Waals surface area contributed by atoms with Crippen molar-refractivity contribution in [2.24, 2.45) is 35.5 Å². The van der Waals surface area contributed by atoms with E-state index in [0.29, 0.717) is 5.41 Å². The molecule has 7 bridgehead atoms. The summed E-state index contributed by atoms with van der Waals surface area (Å²) in [6.07, 6.45) is 17.0. The first-order valence-corrected chi connectivity index (χ1v) is 27.5. The van der Waals surface area contributed by atoms with Crippen LogP contribution in [0.4, 0.5) is 11.4 Å².